The Morgan fingerprint density at radius 3 is 2.53 bits per heavy atom. The second kappa shape index (κ2) is 8.98. The van der Waals surface area contributed by atoms with Gasteiger partial charge in [0.15, 0.2) is 5.69 Å². The molecular weight excluding hydrogens is 436 g/mol. The van der Waals surface area contributed by atoms with Crippen LogP contribution in [0.5, 0.6) is 0 Å². The van der Waals surface area contributed by atoms with Gasteiger partial charge in [-0.05, 0) is 24.4 Å². The number of rotatable bonds is 6. The molecule has 0 spiro atoms. The van der Waals surface area contributed by atoms with E-state index < -0.39 is 17.6 Å². The molecular formula is C20H18N6O5S. The summed E-state index contributed by atoms with van der Waals surface area (Å²) in [6.07, 6.45) is -0.126. The molecule has 3 aromatic heterocycles. The molecule has 2 amide bonds. The molecule has 0 radical (unpaired) electrons. The average Bonchev–Trinajstić information content (AvgIpc) is 3.46. The number of aromatic nitrogens is 4. The molecule has 0 aliphatic heterocycles. The van der Waals surface area contributed by atoms with E-state index in [-0.39, 0.29) is 36.7 Å². The first-order valence-corrected chi connectivity index (χ1v) is 10.6. The SMILES string of the molecule is CCn1nc(C(=O)NNC(=O)CCn2nc(-c3cccs3)oc2=O)c2ccccc2c1=O. The maximum absolute atomic E-state index is 12.6. The zero-order valence-electron chi connectivity index (χ0n) is 16.9. The number of nitrogens with zero attached hydrogens (tertiary/aromatic N) is 4. The van der Waals surface area contributed by atoms with Crippen LogP contribution >= 0.6 is 11.3 Å². The quantitative estimate of drug-likeness (QED) is 0.416. The van der Waals surface area contributed by atoms with Gasteiger partial charge in [-0.3, -0.25) is 25.2 Å². The van der Waals surface area contributed by atoms with E-state index in [1.165, 1.54) is 16.0 Å². The number of carbonyl (C=O) groups excluding carboxylic acids is 2. The van der Waals surface area contributed by atoms with Gasteiger partial charge in [-0.1, -0.05) is 24.3 Å². The Balaban J connectivity index is 1.41. The number of thiophene rings is 1. The van der Waals surface area contributed by atoms with Gasteiger partial charge in [0.05, 0.1) is 16.8 Å². The third kappa shape index (κ3) is 4.21. The zero-order chi connectivity index (χ0) is 22.7. The lowest BCUT2D eigenvalue weighted by atomic mass is 10.1. The summed E-state index contributed by atoms with van der Waals surface area (Å²) >= 11 is 1.37. The molecule has 0 aliphatic rings. The number of hydrogen-bond donors (Lipinski definition) is 2. The van der Waals surface area contributed by atoms with Gasteiger partial charge in [0, 0.05) is 18.4 Å². The third-order valence-corrected chi connectivity index (χ3v) is 5.44. The van der Waals surface area contributed by atoms with E-state index in [1.807, 2.05) is 5.38 Å². The number of amides is 2. The van der Waals surface area contributed by atoms with Crippen molar-refractivity contribution in [3.05, 3.63) is 68.4 Å². The van der Waals surface area contributed by atoms with Gasteiger partial charge >= 0.3 is 5.76 Å². The summed E-state index contributed by atoms with van der Waals surface area (Å²) in [5.41, 5.74) is 4.29. The number of nitrogens with one attached hydrogen (secondary N) is 2. The van der Waals surface area contributed by atoms with Crippen molar-refractivity contribution in [2.45, 2.75) is 26.4 Å². The highest BCUT2D eigenvalue weighted by Crippen LogP contribution is 2.21. The predicted octanol–water partition coefficient (Wildman–Crippen LogP) is 1.15. The second-order valence-electron chi connectivity index (χ2n) is 6.64. The summed E-state index contributed by atoms with van der Waals surface area (Å²) < 4.78 is 7.31. The largest absolute Gasteiger partial charge is 0.437 e. The fourth-order valence-corrected chi connectivity index (χ4v) is 3.66. The Morgan fingerprint density at radius 2 is 1.81 bits per heavy atom. The van der Waals surface area contributed by atoms with Gasteiger partial charge in [-0.25, -0.2) is 9.48 Å². The monoisotopic (exact) mass is 454 g/mol. The molecule has 164 valence electrons. The minimum Gasteiger partial charge on any atom is -0.387 e. The fraction of sp³-hybridized carbons (Fsp3) is 0.200. The van der Waals surface area contributed by atoms with E-state index in [0.29, 0.717) is 15.6 Å². The molecule has 4 rings (SSSR count). The molecule has 0 saturated carbocycles. The summed E-state index contributed by atoms with van der Waals surface area (Å²) in [5, 5.41) is 10.7. The molecule has 0 atom stereocenters. The van der Waals surface area contributed by atoms with Crippen molar-refractivity contribution in [2.75, 3.05) is 0 Å². The van der Waals surface area contributed by atoms with E-state index in [4.69, 9.17) is 4.42 Å². The number of hydrogen-bond acceptors (Lipinski definition) is 8. The van der Waals surface area contributed by atoms with E-state index in [9.17, 15) is 19.2 Å². The summed E-state index contributed by atoms with van der Waals surface area (Å²) in [6, 6.07) is 10.2. The van der Waals surface area contributed by atoms with Crippen LogP contribution in [0, 0.1) is 0 Å². The van der Waals surface area contributed by atoms with Crippen molar-refractivity contribution in [3.8, 4) is 10.8 Å². The maximum Gasteiger partial charge on any atom is 0.437 e. The number of aryl methyl sites for hydroxylation is 2. The van der Waals surface area contributed by atoms with Crippen molar-refractivity contribution in [2.24, 2.45) is 0 Å². The Hall–Kier alpha value is -4.06. The van der Waals surface area contributed by atoms with E-state index in [1.54, 1.807) is 43.3 Å². The lowest BCUT2D eigenvalue weighted by Crippen LogP contribution is -2.43. The van der Waals surface area contributed by atoms with Crippen LogP contribution in [-0.4, -0.2) is 31.4 Å². The smallest absolute Gasteiger partial charge is 0.387 e. The first kappa shape index (κ1) is 21.2. The Bertz CT molecular complexity index is 1400. The van der Waals surface area contributed by atoms with Crippen molar-refractivity contribution in [3.63, 3.8) is 0 Å². The van der Waals surface area contributed by atoms with Gasteiger partial charge in [-0.2, -0.15) is 9.78 Å². The number of carbonyl (C=O) groups is 2. The highest BCUT2D eigenvalue weighted by Gasteiger charge is 2.17. The second-order valence-corrected chi connectivity index (χ2v) is 7.59. The molecule has 0 fully saturated rings. The summed E-state index contributed by atoms with van der Waals surface area (Å²) in [4.78, 5) is 49.8. The lowest BCUT2D eigenvalue weighted by molar-refractivity contribution is -0.122. The summed E-state index contributed by atoms with van der Waals surface area (Å²) in [5.74, 6) is -1.71. The molecule has 11 nitrogen and oxygen atoms in total. The molecule has 4 aromatic rings. The minimum absolute atomic E-state index is 0.00987. The van der Waals surface area contributed by atoms with Crippen molar-refractivity contribution < 1.29 is 14.0 Å². The van der Waals surface area contributed by atoms with E-state index in [2.05, 4.69) is 21.0 Å². The fourth-order valence-electron chi connectivity index (χ4n) is 3.02. The van der Waals surface area contributed by atoms with Crippen LogP contribution in [0.2, 0.25) is 0 Å². The normalized spacial score (nSPS) is 10.9. The standard InChI is InChI=1S/C20H18N6O5S/c1-2-25-19(29)13-7-4-3-6-12(13)16(23-25)17(28)22-21-15(27)9-10-26-20(30)31-18(24-26)14-8-5-11-32-14/h3-8,11H,2,9-10H2,1H3,(H,21,27)(H,22,28). The Morgan fingerprint density at radius 1 is 1.03 bits per heavy atom. The number of hydrazine groups is 1. The van der Waals surface area contributed by atoms with Gasteiger partial charge in [-0.15, -0.1) is 16.4 Å². The first-order valence-electron chi connectivity index (χ1n) is 9.68. The molecule has 12 heteroatoms. The molecule has 1 aromatic carbocycles. The van der Waals surface area contributed by atoms with Crippen LogP contribution in [0.3, 0.4) is 0 Å². The Labute approximate surface area is 184 Å². The summed E-state index contributed by atoms with van der Waals surface area (Å²) in [6.45, 7) is 2.00. The average molecular weight is 454 g/mol. The van der Waals surface area contributed by atoms with Crippen LogP contribution in [0.25, 0.3) is 21.5 Å². The van der Waals surface area contributed by atoms with Gasteiger partial charge in [0.2, 0.25) is 5.91 Å². The molecule has 0 unspecified atom stereocenters. The first-order chi connectivity index (χ1) is 15.5. The predicted molar refractivity (Wildman–Crippen MR) is 116 cm³/mol. The topological polar surface area (TPSA) is 141 Å². The number of benzene rings is 1. The molecule has 3 heterocycles. The van der Waals surface area contributed by atoms with Crippen LogP contribution in [-0.2, 0) is 17.9 Å². The maximum atomic E-state index is 12.6. The van der Waals surface area contributed by atoms with Crippen LogP contribution < -0.4 is 22.2 Å². The van der Waals surface area contributed by atoms with Gasteiger partial charge in [0.25, 0.3) is 17.4 Å². The van der Waals surface area contributed by atoms with Gasteiger partial charge in [0.1, 0.15) is 0 Å². The highest BCUT2D eigenvalue weighted by molar-refractivity contribution is 7.13. The molecule has 0 saturated heterocycles. The van der Waals surface area contributed by atoms with Crippen LogP contribution in [0.4, 0.5) is 0 Å². The summed E-state index contributed by atoms with van der Waals surface area (Å²) in [7, 11) is 0. The molecule has 2 N–H and O–H groups in total. The van der Waals surface area contributed by atoms with Gasteiger partial charge < -0.3 is 4.42 Å². The lowest BCUT2D eigenvalue weighted by Gasteiger charge is -2.10. The number of fused-ring (bicyclic) bond motifs is 1. The highest BCUT2D eigenvalue weighted by atomic mass is 32.1. The van der Waals surface area contributed by atoms with Crippen molar-refractivity contribution >= 4 is 33.9 Å². The van der Waals surface area contributed by atoms with Crippen LogP contribution in [0.15, 0.2) is 55.8 Å². The Kier molecular flexibility index (Phi) is 5.94. The molecule has 0 bridgehead atoms. The zero-order valence-corrected chi connectivity index (χ0v) is 17.7. The van der Waals surface area contributed by atoms with Crippen LogP contribution in [0.1, 0.15) is 23.8 Å². The van der Waals surface area contributed by atoms with E-state index >= 15 is 0 Å². The van der Waals surface area contributed by atoms with E-state index in [0.717, 1.165) is 4.68 Å². The van der Waals surface area contributed by atoms with Crippen molar-refractivity contribution in [1.82, 2.24) is 30.4 Å². The third-order valence-electron chi connectivity index (χ3n) is 4.59. The molecule has 32 heavy (non-hydrogen) atoms. The molecule has 0 aliphatic carbocycles. The van der Waals surface area contributed by atoms with Crippen molar-refractivity contribution in [1.29, 1.82) is 0 Å². The minimum atomic E-state index is -0.678.